The molecule has 0 atom stereocenters. The standard InChI is InChI=1S/C28H28O4/c1-20(29)25-8-4-5-9-26(25)27(30)32-24-16-12-22(13-17-24)28(18-6-3-7-19-28)21-10-14-23(31-2)15-11-21/h4-5,8-17H,3,6-7,18-19H2,1-2H3. The summed E-state index contributed by atoms with van der Waals surface area (Å²) in [5.41, 5.74) is 3.12. The lowest BCUT2D eigenvalue weighted by Gasteiger charge is -2.38. The minimum Gasteiger partial charge on any atom is -0.497 e. The second kappa shape index (κ2) is 9.39. The summed E-state index contributed by atoms with van der Waals surface area (Å²) < 4.78 is 10.9. The third-order valence-corrected chi connectivity index (χ3v) is 6.49. The first-order valence-electron chi connectivity index (χ1n) is 11.1. The summed E-state index contributed by atoms with van der Waals surface area (Å²) >= 11 is 0. The van der Waals surface area contributed by atoms with Crippen LogP contribution in [-0.2, 0) is 5.41 Å². The molecule has 4 nitrogen and oxygen atoms in total. The van der Waals surface area contributed by atoms with Crippen LogP contribution in [-0.4, -0.2) is 18.9 Å². The zero-order valence-corrected chi connectivity index (χ0v) is 18.6. The Labute approximate surface area is 189 Å². The molecule has 0 radical (unpaired) electrons. The zero-order chi connectivity index (χ0) is 22.6. The molecule has 0 heterocycles. The number of carbonyl (C=O) groups excluding carboxylic acids is 2. The first-order valence-corrected chi connectivity index (χ1v) is 11.1. The topological polar surface area (TPSA) is 52.6 Å². The molecule has 0 aromatic heterocycles. The molecule has 0 bridgehead atoms. The molecule has 0 unspecified atom stereocenters. The van der Waals surface area contributed by atoms with Gasteiger partial charge in [-0.05, 0) is 61.2 Å². The predicted molar refractivity (Wildman–Crippen MR) is 125 cm³/mol. The SMILES string of the molecule is COc1ccc(C2(c3ccc(OC(=O)c4ccccc4C(C)=O)cc3)CCCCC2)cc1. The molecule has 1 aliphatic carbocycles. The molecular weight excluding hydrogens is 400 g/mol. The Balaban J connectivity index is 1.60. The van der Waals surface area contributed by atoms with Gasteiger partial charge in [0, 0.05) is 11.0 Å². The summed E-state index contributed by atoms with van der Waals surface area (Å²) in [4.78, 5) is 24.5. The van der Waals surface area contributed by atoms with Crippen LogP contribution in [0.25, 0.3) is 0 Å². The average Bonchev–Trinajstić information content (AvgIpc) is 2.85. The number of Topliss-reactive ketones (excluding diaryl/α,β-unsaturated/α-hetero) is 1. The molecule has 0 amide bonds. The van der Waals surface area contributed by atoms with Crippen LogP contribution < -0.4 is 9.47 Å². The number of hydrogen-bond donors (Lipinski definition) is 0. The molecular formula is C28H28O4. The highest BCUT2D eigenvalue weighted by Gasteiger charge is 2.35. The zero-order valence-electron chi connectivity index (χ0n) is 18.6. The Morgan fingerprint density at radius 2 is 1.25 bits per heavy atom. The molecule has 0 aliphatic heterocycles. The van der Waals surface area contributed by atoms with Crippen molar-refractivity contribution in [2.45, 2.75) is 44.4 Å². The van der Waals surface area contributed by atoms with E-state index >= 15 is 0 Å². The third-order valence-electron chi connectivity index (χ3n) is 6.49. The van der Waals surface area contributed by atoms with E-state index in [0.717, 1.165) is 18.6 Å². The minimum absolute atomic E-state index is 0.0473. The molecule has 0 spiro atoms. The predicted octanol–water partition coefficient (Wildman–Crippen LogP) is 6.37. The Morgan fingerprint density at radius 3 is 1.78 bits per heavy atom. The van der Waals surface area contributed by atoms with Gasteiger partial charge >= 0.3 is 5.97 Å². The fourth-order valence-corrected chi connectivity index (χ4v) is 4.78. The van der Waals surface area contributed by atoms with Crippen LogP contribution in [0.15, 0.2) is 72.8 Å². The number of esters is 1. The van der Waals surface area contributed by atoms with Gasteiger partial charge in [0.15, 0.2) is 5.78 Å². The van der Waals surface area contributed by atoms with E-state index in [0.29, 0.717) is 11.3 Å². The van der Waals surface area contributed by atoms with Crippen molar-refractivity contribution < 1.29 is 19.1 Å². The lowest BCUT2D eigenvalue weighted by Crippen LogP contribution is -2.30. The van der Waals surface area contributed by atoms with Crippen molar-refractivity contribution >= 4 is 11.8 Å². The summed E-state index contributed by atoms with van der Waals surface area (Å²) in [5, 5.41) is 0. The highest BCUT2D eigenvalue weighted by atomic mass is 16.5. The second-order valence-electron chi connectivity index (χ2n) is 8.39. The Morgan fingerprint density at radius 1 is 0.719 bits per heavy atom. The first kappa shape index (κ1) is 21.8. The van der Waals surface area contributed by atoms with Gasteiger partial charge in [0.2, 0.25) is 0 Å². The average molecular weight is 429 g/mol. The first-order chi connectivity index (χ1) is 15.5. The van der Waals surface area contributed by atoms with Crippen LogP contribution in [0, 0.1) is 0 Å². The molecule has 164 valence electrons. The summed E-state index contributed by atoms with van der Waals surface area (Å²) in [6, 6.07) is 22.9. The normalized spacial score (nSPS) is 15.1. The fraction of sp³-hybridized carbons (Fsp3) is 0.286. The van der Waals surface area contributed by atoms with Crippen LogP contribution in [0.3, 0.4) is 0 Å². The molecule has 3 aromatic rings. The van der Waals surface area contributed by atoms with Crippen molar-refractivity contribution in [2.24, 2.45) is 0 Å². The Kier molecular flexibility index (Phi) is 6.40. The smallest absolute Gasteiger partial charge is 0.344 e. The van der Waals surface area contributed by atoms with Gasteiger partial charge in [0.05, 0.1) is 12.7 Å². The van der Waals surface area contributed by atoms with Gasteiger partial charge in [0.1, 0.15) is 11.5 Å². The van der Waals surface area contributed by atoms with E-state index < -0.39 is 5.97 Å². The summed E-state index contributed by atoms with van der Waals surface area (Å²) in [6.07, 6.45) is 5.80. The minimum atomic E-state index is -0.522. The number of ether oxygens (including phenoxy) is 2. The quantitative estimate of drug-likeness (QED) is 0.260. The van der Waals surface area contributed by atoms with Crippen molar-refractivity contribution in [1.82, 2.24) is 0 Å². The molecule has 4 heteroatoms. The van der Waals surface area contributed by atoms with Crippen LogP contribution in [0.5, 0.6) is 11.5 Å². The van der Waals surface area contributed by atoms with Crippen molar-refractivity contribution in [1.29, 1.82) is 0 Å². The van der Waals surface area contributed by atoms with Gasteiger partial charge in [-0.25, -0.2) is 4.79 Å². The number of rotatable bonds is 6. The van der Waals surface area contributed by atoms with Crippen LogP contribution in [0.2, 0.25) is 0 Å². The molecule has 1 aliphatic rings. The lowest BCUT2D eigenvalue weighted by molar-refractivity contribution is 0.0730. The maximum atomic E-state index is 12.7. The van der Waals surface area contributed by atoms with Gasteiger partial charge in [-0.3, -0.25) is 4.79 Å². The van der Waals surface area contributed by atoms with Gasteiger partial charge in [-0.15, -0.1) is 0 Å². The summed E-state index contributed by atoms with van der Waals surface area (Å²) in [5.74, 6) is 0.642. The molecule has 1 fully saturated rings. The van der Waals surface area contributed by atoms with Gasteiger partial charge in [-0.1, -0.05) is 61.7 Å². The fourth-order valence-electron chi connectivity index (χ4n) is 4.78. The van der Waals surface area contributed by atoms with E-state index in [-0.39, 0.29) is 16.8 Å². The number of methoxy groups -OCH3 is 1. The van der Waals surface area contributed by atoms with E-state index in [2.05, 4.69) is 24.3 Å². The van der Waals surface area contributed by atoms with Gasteiger partial charge in [-0.2, -0.15) is 0 Å². The maximum Gasteiger partial charge on any atom is 0.344 e. The molecule has 32 heavy (non-hydrogen) atoms. The number of ketones is 1. The van der Waals surface area contributed by atoms with Crippen molar-refractivity contribution in [3.8, 4) is 11.5 Å². The van der Waals surface area contributed by atoms with Crippen LogP contribution in [0.4, 0.5) is 0 Å². The molecule has 0 saturated heterocycles. The van der Waals surface area contributed by atoms with Crippen LogP contribution >= 0.6 is 0 Å². The molecule has 1 saturated carbocycles. The summed E-state index contributed by atoms with van der Waals surface area (Å²) in [6.45, 7) is 1.45. The van der Waals surface area contributed by atoms with Crippen molar-refractivity contribution in [3.05, 3.63) is 95.1 Å². The highest BCUT2D eigenvalue weighted by molar-refractivity contribution is 6.05. The number of hydrogen-bond acceptors (Lipinski definition) is 4. The Hall–Kier alpha value is -3.40. The van der Waals surface area contributed by atoms with Crippen LogP contribution in [0.1, 0.15) is 70.9 Å². The highest BCUT2D eigenvalue weighted by Crippen LogP contribution is 2.45. The number of benzene rings is 3. The van der Waals surface area contributed by atoms with Gasteiger partial charge in [0.25, 0.3) is 0 Å². The maximum absolute atomic E-state index is 12.7. The summed E-state index contributed by atoms with van der Waals surface area (Å²) in [7, 11) is 1.68. The van der Waals surface area contributed by atoms with Gasteiger partial charge < -0.3 is 9.47 Å². The third kappa shape index (κ3) is 4.31. The molecule has 3 aromatic carbocycles. The van der Waals surface area contributed by atoms with E-state index in [1.165, 1.54) is 37.3 Å². The molecule has 4 rings (SSSR count). The Bertz CT molecular complexity index is 1090. The second-order valence-corrected chi connectivity index (χ2v) is 8.39. The monoisotopic (exact) mass is 428 g/mol. The lowest BCUT2D eigenvalue weighted by atomic mass is 9.65. The number of carbonyl (C=O) groups is 2. The molecule has 0 N–H and O–H groups in total. The largest absolute Gasteiger partial charge is 0.497 e. The van der Waals surface area contributed by atoms with Crippen molar-refractivity contribution in [3.63, 3.8) is 0 Å². The van der Waals surface area contributed by atoms with Crippen molar-refractivity contribution in [2.75, 3.05) is 7.11 Å². The van der Waals surface area contributed by atoms with E-state index in [1.54, 1.807) is 31.4 Å². The van der Waals surface area contributed by atoms with E-state index in [4.69, 9.17) is 9.47 Å². The van der Waals surface area contributed by atoms with E-state index in [1.807, 2.05) is 24.3 Å². The van der Waals surface area contributed by atoms with E-state index in [9.17, 15) is 9.59 Å².